The number of benzene rings is 1. The maximum absolute atomic E-state index is 13.7. The summed E-state index contributed by atoms with van der Waals surface area (Å²) in [7, 11) is 0. The Morgan fingerprint density at radius 1 is 1.30 bits per heavy atom. The van der Waals surface area contributed by atoms with Gasteiger partial charge in [0.15, 0.2) is 0 Å². The molecule has 0 radical (unpaired) electrons. The Balaban J connectivity index is 2.03. The third-order valence-electron chi connectivity index (χ3n) is 4.51. The molecule has 0 aromatic heterocycles. The number of carboxylic acids is 1. The lowest BCUT2D eigenvalue weighted by molar-refractivity contribution is -0.122. The van der Waals surface area contributed by atoms with Crippen LogP contribution >= 0.6 is 0 Å². The fourth-order valence-corrected chi connectivity index (χ4v) is 3.02. The second-order valence-electron chi connectivity index (χ2n) is 6.64. The fraction of sp³-hybridized carbons (Fsp3) is 0.444. The van der Waals surface area contributed by atoms with Crippen molar-refractivity contribution >= 4 is 11.9 Å². The summed E-state index contributed by atoms with van der Waals surface area (Å²) in [6.45, 7) is 6.22. The third-order valence-corrected chi connectivity index (χ3v) is 4.51. The van der Waals surface area contributed by atoms with Gasteiger partial charge in [0.2, 0.25) is 5.91 Å². The first-order valence-corrected chi connectivity index (χ1v) is 7.68. The van der Waals surface area contributed by atoms with E-state index >= 15 is 0 Å². The predicted octanol–water partition coefficient (Wildman–Crippen LogP) is 3.46. The van der Waals surface area contributed by atoms with Crippen LogP contribution in [0.3, 0.4) is 0 Å². The van der Waals surface area contributed by atoms with E-state index in [1.807, 2.05) is 6.92 Å². The predicted molar refractivity (Wildman–Crippen MR) is 85.8 cm³/mol. The van der Waals surface area contributed by atoms with Gasteiger partial charge in [-0.2, -0.15) is 0 Å². The van der Waals surface area contributed by atoms with E-state index in [1.165, 1.54) is 23.3 Å². The van der Waals surface area contributed by atoms with Crippen molar-refractivity contribution in [3.05, 3.63) is 46.3 Å². The van der Waals surface area contributed by atoms with Crippen molar-refractivity contribution in [3.8, 4) is 0 Å². The van der Waals surface area contributed by atoms with Crippen molar-refractivity contribution in [2.75, 3.05) is 0 Å². The smallest absolute Gasteiger partial charge is 0.338 e. The second kappa shape index (κ2) is 6.52. The van der Waals surface area contributed by atoms with Gasteiger partial charge in [-0.05, 0) is 57.7 Å². The Morgan fingerprint density at radius 2 is 2.00 bits per heavy atom. The zero-order chi connectivity index (χ0) is 17.2. The molecule has 0 spiro atoms. The summed E-state index contributed by atoms with van der Waals surface area (Å²) in [5.74, 6) is -2.31. The molecular formula is C18H22FNO3. The molecule has 23 heavy (non-hydrogen) atoms. The van der Waals surface area contributed by atoms with E-state index < -0.39 is 11.8 Å². The van der Waals surface area contributed by atoms with Crippen LogP contribution in [-0.4, -0.2) is 22.5 Å². The van der Waals surface area contributed by atoms with Crippen molar-refractivity contribution in [2.45, 2.75) is 52.0 Å². The van der Waals surface area contributed by atoms with Gasteiger partial charge in [0.1, 0.15) is 5.82 Å². The van der Waals surface area contributed by atoms with Crippen LogP contribution in [0.5, 0.6) is 0 Å². The number of halogens is 1. The Kier molecular flexibility index (Phi) is 4.88. The van der Waals surface area contributed by atoms with Gasteiger partial charge < -0.3 is 10.4 Å². The molecule has 4 nitrogen and oxygen atoms in total. The minimum absolute atomic E-state index is 0.0359. The molecule has 0 saturated heterocycles. The first-order valence-electron chi connectivity index (χ1n) is 7.68. The van der Waals surface area contributed by atoms with Crippen molar-refractivity contribution in [1.29, 1.82) is 0 Å². The summed E-state index contributed by atoms with van der Waals surface area (Å²) in [6, 6.07) is 3.78. The standard InChI is InChI=1S/C18H22FNO3/c1-11-6-7-18(3,10-12(11)2)20-16(21)9-13-4-5-14(17(22)23)15(19)8-13/h4-5,8H,6-7,9-10H2,1-3H3,(H,20,21)(H,22,23). The van der Waals surface area contributed by atoms with Crippen LogP contribution in [0.2, 0.25) is 0 Å². The normalized spacial score (nSPS) is 21.2. The average molecular weight is 319 g/mol. The highest BCUT2D eigenvalue weighted by Crippen LogP contribution is 2.32. The first-order chi connectivity index (χ1) is 10.7. The van der Waals surface area contributed by atoms with E-state index in [1.54, 1.807) is 0 Å². The Labute approximate surface area is 135 Å². The van der Waals surface area contributed by atoms with Crippen molar-refractivity contribution in [2.24, 2.45) is 0 Å². The second-order valence-corrected chi connectivity index (χ2v) is 6.64. The average Bonchev–Trinajstić information content (AvgIpc) is 2.42. The van der Waals surface area contributed by atoms with E-state index in [0.717, 1.165) is 25.3 Å². The molecule has 1 unspecified atom stereocenters. The molecular weight excluding hydrogens is 297 g/mol. The van der Waals surface area contributed by atoms with E-state index in [2.05, 4.69) is 19.2 Å². The van der Waals surface area contributed by atoms with Crippen molar-refractivity contribution in [3.63, 3.8) is 0 Å². The number of rotatable bonds is 4. The monoisotopic (exact) mass is 319 g/mol. The molecule has 1 aromatic carbocycles. The van der Waals surface area contributed by atoms with Gasteiger partial charge in [0.05, 0.1) is 12.0 Å². The summed E-state index contributed by atoms with van der Waals surface area (Å²) in [6.07, 6.45) is 2.70. The quantitative estimate of drug-likeness (QED) is 0.835. The molecule has 2 rings (SSSR count). The summed E-state index contributed by atoms with van der Waals surface area (Å²) in [5.41, 5.74) is 2.48. The largest absolute Gasteiger partial charge is 0.478 e. The number of amides is 1. The zero-order valence-corrected chi connectivity index (χ0v) is 13.7. The highest BCUT2D eigenvalue weighted by Gasteiger charge is 2.30. The van der Waals surface area contributed by atoms with Gasteiger partial charge in [-0.15, -0.1) is 0 Å². The number of hydrogen-bond donors (Lipinski definition) is 2. The first kappa shape index (κ1) is 17.2. The topological polar surface area (TPSA) is 66.4 Å². The van der Waals surface area contributed by atoms with E-state index in [0.29, 0.717) is 5.56 Å². The maximum Gasteiger partial charge on any atom is 0.338 e. The number of carbonyl (C=O) groups excluding carboxylic acids is 1. The molecule has 5 heteroatoms. The number of carboxylic acid groups (broad SMARTS) is 1. The Bertz CT molecular complexity index is 681. The van der Waals surface area contributed by atoms with Gasteiger partial charge >= 0.3 is 5.97 Å². The van der Waals surface area contributed by atoms with Crippen LogP contribution in [0.25, 0.3) is 0 Å². The van der Waals surface area contributed by atoms with Gasteiger partial charge in [-0.3, -0.25) is 4.79 Å². The lowest BCUT2D eigenvalue weighted by Crippen LogP contribution is -2.48. The Hall–Kier alpha value is -2.17. The number of aromatic carboxylic acids is 1. The van der Waals surface area contributed by atoms with Crippen molar-refractivity contribution < 1.29 is 19.1 Å². The van der Waals surface area contributed by atoms with Crippen LogP contribution in [0.1, 0.15) is 56.0 Å². The number of hydrogen-bond acceptors (Lipinski definition) is 2. The molecule has 1 amide bonds. The lowest BCUT2D eigenvalue weighted by atomic mass is 9.80. The van der Waals surface area contributed by atoms with Gasteiger partial charge in [0, 0.05) is 5.54 Å². The Morgan fingerprint density at radius 3 is 2.57 bits per heavy atom. The number of carbonyl (C=O) groups is 2. The molecule has 1 aliphatic carbocycles. The molecule has 0 bridgehead atoms. The minimum Gasteiger partial charge on any atom is -0.478 e. The van der Waals surface area contributed by atoms with E-state index in [9.17, 15) is 14.0 Å². The highest BCUT2D eigenvalue weighted by atomic mass is 19.1. The lowest BCUT2D eigenvalue weighted by Gasteiger charge is -2.36. The molecule has 0 aliphatic heterocycles. The summed E-state index contributed by atoms with van der Waals surface area (Å²) in [5, 5.41) is 11.9. The van der Waals surface area contributed by atoms with Crippen LogP contribution in [0.15, 0.2) is 29.3 Å². The number of nitrogens with one attached hydrogen (secondary N) is 1. The van der Waals surface area contributed by atoms with Gasteiger partial charge in [-0.25, -0.2) is 9.18 Å². The molecule has 1 aromatic rings. The number of allylic oxidation sites excluding steroid dienone is 1. The molecule has 2 N–H and O–H groups in total. The summed E-state index contributed by atoms with van der Waals surface area (Å²) >= 11 is 0. The summed E-state index contributed by atoms with van der Waals surface area (Å²) < 4.78 is 13.7. The molecule has 0 fully saturated rings. The molecule has 0 saturated carbocycles. The van der Waals surface area contributed by atoms with Crippen LogP contribution in [-0.2, 0) is 11.2 Å². The van der Waals surface area contributed by atoms with Crippen LogP contribution in [0.4, 0.5) is 4.39 Å². The molecule has 1 aliphatic rings. The SMILES string of the molecule is CC1=C(C)CC(C)(NC(=O)Cc2ccc(C(=O)O)c(F)c2)CC1. The highest BCUT2D eigenvalue weighted by molar-refractivity contribution is 5.88. The molecule has 1 atom stereocenters. The fourth-order valence-electron chi connectivity index (χ4n) is 3.02. The summed E-state index contributed by atoms with van der Waals surface area (Å²) in [4.78, 5) is 23.0. The maximum atomic E-state index is 13.7. The van der Waals surface area contributed by atoms with E-state index in [4.69, 9.17) is 5.11 Å². The zero-order valence-electron chi connectivity index (χ0n) is 13.7. The van der Waals surface area contributed by atoms with Gasteiger partial charge in [0.25, 0.3) is 0 Å². The van der Waals surface area contributed by atoms with Gasteiger partial charge in [-0.1, -0.05) is 17.2 Å². The third kappa shape index (κ3) is 4.18. The molecule has 0 heterocycles. The minimum atomic E-state index is -1.31. The molecule has 124 valence electrons. The van der Waals surface area contributed by atoms with Crippen LogP contribution in [0, 0.1) is 5.82 Å². The van der Waals surface area contributed by atoms with E-state index in [-0.39, 0.29) is 23.4 Å². The van der Waals surface area contributed by atoms with Crippen molar-refractivity contribution in [1.82, 2.24) is 5.32 Å². The van der Waals surface area contributed by atoms with Crippen LogP contribution < -0.4 is 5.32 Å².